The van der Waals surface area contributed by atoms with E-state index in [1.165, 1.54) is 24.1 Å². The van der Waals surface area contributed by atoms with Gasteiger partial charge in [-0.15, -0.1) is 0 Å². The average Bonchev–Trinajstić information content (AvgIpc) is 2.88. The third kappa shape index (κ3) is 18.9. The maximum absolute atomic E-state index is 11.8. The van der Waals surface area contributed by atoms with E-state index in [4.69, 9.17) is 10.8 Å². The second-order valence-corrected chi connectivity index (χ2v) is 7.85. The fourth-order valence-corrected chi connectivity index (χ4v) is 2.23. The number of benzene rings is 2. The van der Waals surface area contributed by atoms with Crippen LogP contribution in [0.25, 0.3) is 0 Å². The number of rotatable bonds is 9. The summed E-state index contributed by atoms with van der Waals surface area (Å²) in [6.07, 6.45) is 4.49. The SMILES string of the molecule is C=NCC/C(=C\C)CNCC.CC.CCC(C)C.Nc1ccc(NC(=O)c2ccc(O)cc2)cc1. The van der Waals surface area contributed by atoms with Crippen LogP contribution in [-0.4, -0.2) is 37.4 Å². The topological polar surface area (TPSA) is 99.7 Å². The molecule has 0 unspecified atom stereocenters. The predicted octanol–water partition coefficient (Wildman–Crippen LogP) is 6.94. The van der Waals surface area contributed by atoms with Crippen molar-refractivity contribution in [3.05, 3.63) is 65.7 Å². The molecule has 6 heteroatoms. The lowest BCUT2D eigenvalue weighted by Gasteiger charge is -2.05. The molecule has 0 atom stereocenters. The molecule has 2 aromatic rings. The minimum atomic E-state index is -0.227. The number of aliphatic imine (C=N–C) groups is 1. The van der Waals surface area contributed by atoms with Crippen LogP contribution >= 0.6 is 0 Å². The maximum Gasteiger partial charge on any atom is 0.255 e. The number of nitrogens with two attached hydrogens (primary N) is 1. The van der Waals surface area contributed by atoms with E-state index in [1.807, 2.05) is 13.8 Å². The number of carbonyl (C=O) groups excluding carboxylic acids is 1. The highest BCUT2D eigenvalue weighted by Gasteiger charge is 2.05. The van der Waals surface area contributed by atoms with E-state index in [0.29, 0.717) is 16.9 Å². The van der Waals surface area contributed by atoms with E-state index < -0.39 is 0 Å². The molecule has 0 saturated carbocycles. The summed E-state index contributed by atoms with van der Waals surface area (Å²) in [7, 11) is 0. The summed E-state index contributed by atoms with van der Waals surface area (Å²) in [4.78, 5) is 15.6. The molecule has 2 aromatic carbocycles. The van der Waals surface area contributed by atoms with Gasteiger partial charge in [0.05, 0.1) is 0 Å². The number of phenolic OH excluding ortho intramolecular Hbond substituents is 1. The summed E-state index contributed by atoms with van der Waals surface area (Å²) in [6.45, 7) is 21.1. The van der Waals surface area contributed by atoms with Crippen LogP contribution in [0, 0.1) is 5.92 Å². The Balaban J connectivity index is 0. The molecule has 1 amide bonds. The molecule has 2 rings (SSSR count). The molecule has 0 aromatic heterocycles. The molecule has 6 nitrogen and oxygen atoms in total. The molecule has 0 radical (unpaired) electrons. The van der Waals surface area contributed by atoms with Crippen molar-refractivity contribution in [1.29, 1.82) is 0 Å². The first-order chi connectivity index (χ1) is 16.8. The Labute approximate surface area is 213 Å². The average molecular weight is 485 g/mol. The molecule has 0 bridgehead atoms. The summed E-state index contributed by atoms with van der Waals surface area (Å²) >= 11 is 0. The van der Waals surface area contributed by atoms with Crippen LogP contribution in [0.1, 0.15) is 71.7 Å². The van der Waals surface area contributed by atoms with E-state index in [9.17, 15) is 4.79 Å². The van der Waals surface area contributed by atoms with Crippen LogP contribution in [0.2, 0.25) is 0 Å². The molecule has 5 N–H and O–H groups in total. The van der Waals surface area contributed by atoms with Gasteiger partial charge in [0.1, 0.15) is 5.75 Å². The van der Waals surface area contributed by atoms with Gasteiger partial charge in [-0.05, 0) is 81.1 Å². The van der Waals surface area contributed by atoms with Crippen LogP contribution in [0.5, 0.6) is 5.75 Å². The molecule has 0 spiro atoms. The van der Waals surface area contributed by atoms with Crippen molar-refractivity contribution in [1.82, 2.24) is 5.32 Å². The normalized spacial score (nSPS) is 10.0. The summed E-state index contributed by atoms with van der Waals surface area (Å²) in [5, 5.41) is 15.1. The van der Waals surface area contributed by atoms with Crippen LogP contribution in [0.3, 0.4) is 0 Å². The number of hydrogen-bond donors (Lipinski definition) is 4. The molecule has 35 heavy (non-hydrogen) atoms. The first kappa shape index (κ1) is 34.0. The Kier molecular flexibility index (Phi) is 22.0. The maximum atomic E-state index is 11.8. The van der Waals surface area contributed by atoms with Gasteiger partial charge in [0, 0.05) is 30.0 Å². The van der Waals surface area contributed by atoms with E-state index in [0.717, 1.165) is 32.0 Å². The molecule has 196 valence electrons. The van der Waals surface area contributed by atoms with Gasteiger partial charge in [0.25, 0.3) is 5.91 Å². The van der Waals surface area contributed by atoms with Gasteiger partial charge in [-0.25, -0.2) is 0 Å². The van der Waals surface area contributed by atoms with Crippen molar-refractivity contribution >= 4 is 24.0 Å². The van der Waals surface area contributed by atoms with Gasteiger partial charge in [0.2, 0.25) is 0 Å². The van der Waals surface area contributed by atoms with Crippen molar-refractivity contribution in [3.8, 4) is 5.75 Å². The number of anilines is 2. The number of aromatic hydroxyl groups is 1. The molecule has 0 heterocycles. The minimum Gasteiger partial charge on any atom is -0.508 e. The monoisotopic (exact) mass is 484 g/mol. The number of amides is 1. The predicted molar refractivity (Wildman–Crippen MR) is 155 cm³/mol. The van der Waals surface area contributed by atoms with Crippen molar-refractivity contribution < 1.29 is 9.90 Å². The molecule has 0 aliphatic carbocycles. The van der Waals surface area contributed by atoms with E-state index in [2.05, 4.69) is 63.0 Å². The fraction of sp³-hybridized carbons (Fsp3) is 0.448. The number of allylic oxidation sites excluding steroid dienone is 1. The third-order valence-electron chi connectivity index (χ3n) is 4.72. The second kappa shape index (κ2) is 22.7. The highest BCUT2D eigenvalue weighted by Crippen LogP contribution is 2.14. The van der Waals surface area contributed by atoms with Crippen molar-refractivity contribution in [2.45, 2.75) is 61.3 Å². The first-order valence-electron chi connectivity index (χ1n) is 12.5. The minimum absolute atomic E-state index is 0.133. The third-order valence-corrected chi connectivity index (χ3v) is 4.72. The highest BCUT2D eigenvalue weighted by molar-refractivity contribution is 6.04. The molecular formula is C29H48N4O2. The van der Waals surface area contributed by atoms with Crippen LogP contribution in [0.15, 0.2) is 65.2 Å². The molecule has 0 fully saturated rings. The Morgan fingerprint density at radius 1 is 1.09 bits per heavy atom. The van der Waals surface area contributed by atoms with E-state index >= 15 is 0 Å². The van der Waals surface area contributed by atoms with Crippen LogP contribution in [-0.2, 0) is 0 Å². The Hall–Kier alpha value is -3.12. The number of nitrogen functional groups attached to an aromatic ring is 1. The first-order valence-corrected chi connectivity index (χ1v) is 12.5. The quantitative estimate of drug-likeness (QED) is 0.176. The van der Waals surface area contributed by atoms with Crippen molar-refractivity contribution in [3.63, 3.8) is 0 Å². The standard InChI is InChI=1S/C13H12N2O2.C9H18N2.C5H12.C2H6/c14-10-3-5-11(6-4-10)15-13(17)9-1-7-12(16)8-2-9;1-4-9(6-7-10-3)8-11-5-2;1-4-5(2)3;1-2/h1-8,16H,14H2,(H,15,17);4,11H,3,5-8H2,1-2H3;5H,4H2,1-3H3;1-2H3/b;9-4+;;. The summed E-state index contributed by atoms with van der Waals surface area (Å²) < 4.78 is 0. The van der Waals surface area contributed by atoms with Crippen molar-refractivity contribution in [2.75, 3.05) is 30.7 Å². The van der Waals surface area contributed by atoms with Gasteiger partial charge >= 0.3 is 0 Å². The molecule has 0 saturated heterocycles. The van der Waals surface area contributed by atoms with Gasteiger partial charge in [-0.3, -0.25) is 4.79 Å². The van der Waals surface area contributed by atoms with Crippen molar-refractivity contribution in [2.24, 2.45) is 10.9 Å². The Morgan fingerprint density at radius 3 is 2.06 bits per heavy atom. The smallest absolute Gasteiger partial charge is 0.255 e. The van der Waals surface area contributed by atoms with Gasteiger partial charge < -0.3 is 26.5 Å². The number of carbonyl (C=O) groups is 1. The zero-order valence-electron chi connectivity index (χ0n) is 22.9. The Morgan fingerprint density at radius 2 is 1.63 bits per heavy atom. The lowest BCUT2D eigenvalue weighted by atomic mass is 10.2. The van der Waals surface area contributed by atoms with Gasteiger partial charge in [-0.2, -0.15) is 0 Å². The summed E-state index contributed by atoms with van der Waals surface area (Å²) in [6, 6.07) is 12.9. The van der Waals surface area contributed by atoms with Gasteiger partial charge in [-0.1, -0.05) is 59.6 Å². The summed E-state index contributed by atoms with van der Waals surface area (Å²) in [5.41, 5.74) is 8.77. The molecular weight excluding hydrogens is 436 g/mol. The van der Waals surface area contributed by atoms with Crippen LogP contribution in [0.4, 0.5) is 11.4 Å². The summed E-state index contributed by atoms with van der Waals surface area (Å²) in [5.74, 6) is 0.791. The lowest BCUT2D eigenvalue weighted by molar-refractivity contribution is 0.102. The number of phenols is 1. The number of hydrogen-bond acceptors (Lipinski definition) is 5. The van der Waals surface area contributed by atoms with E-state index in [1.54, 1.807) is 36.4 Å². The largest absolute Gasteiger partial charge is 0.508 e. The molecule has 0 aliphatic heterocycles. The zero-order chi connectivity index (χ0) is 27.1. The highest BCUT2D eigenvalue weighted by atomic mass is 16.3. The molecule has 0 aliphatic rings. The number of likely N-dealkylation sites (N-methyl/N-ethyl adjacent to an activating group) is 1. The van der Waals surface area contributed by atoms with Crippen LogP contribution < -0.4 is 16.4 Å². The van der Waals surface area contributed by atoms with Gasteiger partial charge in [0.15, 0.2) is 0 Å². The number of nitrogens with zero attached hydrogens (tertiary/aromatic N) is 1. The fourth-order valence-electron chi connectivity index (χ4n) is 2.23. The zero-order valence-corrected chi connectivity index (χ0v) is 22.9. The second-order valence-electron chi connectivity index (χ2n) is 7.85. The lowest BCUT2D eigenvalue weighted by Crippen LogP contribution is -2.16. The Bertz CT molecular complexity index is 814. The number of nitrogens with one attached hydrogen (secondary N) is 2. The van der Waals surface area contributed by atoms with E-state index in [-0.39, 0.29) is 11.7 Å².